The maximum Gasteiger partial charge on any atom is 0.337 e. The molecule has 4 rings (SSSR count). The molecule has 3 aromatic carbocycles. The smallest absolute Gasteiger partial charge is 0.337 e. The van der Waals surface area contributed by atoms with Crippen molar-refractivity contribution < 1.29 is 14.7 Å². The molecule has 1 aliphatic rings. The van der Waals surface area contributed by atoms with Gasteiger partial charge >= 0.3 is 5.97 Å². The number of aldehydes is 1. The molecule has 35 heavy (non-hydrogen) atoms. The number of anilines is 3. The van der Waals surface area contributed by atoms with Gasteiger partial charge in [-0.15, -0.1) is 0 Å². The SMILES string of the molecule is CNc1ccc(Nc2ccc(/N=C3C=C/C(=P\c4ccc(C)cc4)C=C/3C=O)cc2)cc1C(=O)O. The van der Waals surface area contributed by atoms with Crippen LogP contribution in [0.2, 0.25) is 0 Å². The summed E-state index contributed by atoms with van der Waals surface area (Å²) in [5, 5.41) is 17.7. The Morgan fingerprint density at radius 2 is 1.69 bits per heavy atom. The average molecular weight is 481 g/mol. The van der Waals surface area contributed by atoms with Gasteiger partial charge in [-0.1, -0.05) is 38.0 Å². The van der Waals surface area contributed by atoms with Crippen LogP contribution in [0.5, 0.6) is 0 Å². The fourth-order valence-electron chi connectivity index (χ4n) is 3.52. The fourth-order valence-corrected chi connectivity index (χ4v) is 4.47. The number of carboxylic acids is 1. The van der Waals surface area contributed by atoms with Gasteiger partial charge in [0.15, 0.2) is 6.29 Å². The molecule has 0 spiro atoms. The van der Waals surface area contributed by atoms with Gasteiger partial charge in [-0.25, -0.2) is 9.79 Å². The monoisotopic (exact) mass is 481 g/mol. The summed E-state index contributed by atoms with van der Waals surface area (Å²) in [5.74, 6) is -0.998. The van der Waals surface area contributed by atoms with Crippen LogP contribution in [-0.2, 0) is 4.79 Å². The molecule has 3 aromatic rings. The highest BCUT2D eigenvalue weighted by atomic mass is 31.1. The second-order valence-electron chi connectivity index (χ2n) is 7.91. The number of nitrogens with one attached hydrogen (secondary N) is 2. The Labute approximate surface area is 205 Å². The van der Waals surface area contributed by atoms with E-state index in [9.17, 15) is 14.7 Å². The van der Waals surface area contributed by atoms with Crippen LogP contribution >= 0.6 is 8.20 Å². The van der Waals surface area contributed by atoms with Crippen molar-refractivity contribution in [2.24, 2.45) is 4.99 Å². The Kier molecular flexibility index (Phi) is 7.34. The van der Waals surface area contributed by atoms with Gasteiger partial charge in [0.2, 0.25) is 0 Å². The molecule has 0 aliphatic heterocycles. The third-order valence-electron chi connectivity index (χ3n) is 5.36. The minimum atomic E-state index is -0.998. The molecule has 0 radical (unpaired) electrons. The number of rotatable bonds is 7. The van der Waals surface area contributed by atoms with Crippen molar-refractivity contribution in [3.8, 4) is 0 Å². The molecule has 3 N–H and O–H groups in total. The predicted octanol–water partition coefficient (Wildman–Crippen LogP) is 5.69. The molecule has 0 amide bonds. The maximum atomic E-state index is 11.7. The van der Waals surface area contributed by atoms with Gasteiger partial charge in [0, 0.05) is 40.3 Å². The van der Waals surface area contributed by atoms with E-state index < -0.39 is 5.97 Å². The lowest BCUT2D eigenvalue weighted by Gasteiger charge is -2.11. The highest BCUT2D eigenvalue weighted by Crippen LogP contribution is 2.25. The van der Waals surface area contributed by atoms with E-state index in [0.717, 1.165) is 30.8 Å². The molecule has 0 saturated heterocycles. The maximum absolute atomic E-state index is 11.7. The van der Waals surface area contributed by atoms with Crippen molar-refractivity contribution in [3.63, 3.8) is 0 Å². The van der Waals surface area contributed by atoms with Crippen molar-refractivity contribution in [1.29, 1.82) is 0 Å². The van der Waals surface area contributed by atoms with Crippen LogP contribution in [0.25, 0.3) is 0 Å². The second-order valence-corrected chi connectivity index (χ2v) is 9.16. The van der Waals surface area contributed by atoms with Crippen molar-refractivity contribution >= 4 is 59.5 Å². The van der Waals surface area contributed by atoms with Crippen molar-refractivity contribution in [2.45, 2.75) is 6.92 Å². The van der Waals surface area contributed by atoms with E-state index in [1.54, 1.807) is 19.2 Å². The number of aryl methyl sites for hydroxylation is 1. The van der Waals surface area contributed by atoms with E-state index >= 15 is 0 Å². The molecule has 0 heterocycles. The minimum Gasteiger partial charge on any atom is -0.478 e. The van der Waals surface area contributed by atoms with Crippen molar-refractivity contribution in [3.05, 3.63) is 102 Å². The number of hydrogen-bond donors (Lipinski definition) is 3. The Bertz CT molecular complexity index is 1390. The number of aromatic carboxylic acids is 1. The van der Waals surface area contributed by atoms with E-state index in [1.165, 1.54) is 5.56 Å². The van der Waals surface area contributed by atoms with Gasteiger partial charge in [0.1, 0.15) is 0 Å². The van der Waals surface area contributed by atoms with Crippen LogP contribution in [0.3, 0.4) is 0 Å². The summed E-state index contributed by atoms with van der Waals surface area (Å²) in [6.07, 6.45) is 6.55. The lowest BCUT2D eigenvalue weighted by atomic mass is 10.0. The molecule has 174 valence electrons. The lowest BCUT2D eigenvalue weighted by molar-refractivity contribution is -0.104. The van der Waals surface area contributed by atoms with Crippen LogP contribution < -0.4 is 15.9 Å². The molecule has 6 nitrogen and oxygen atoms in total. The molecule has 0 aromatic heterocycles. The van der Waals surface area contributed by atoms with Crippen LogP contribution in [0.15, 0.2) is 95.5 Å². The summed E-state index contributed by atoms with van der Waals surface area (Å²) in [6.45, 7) is 2.06. The Morgan fingerprint density at radius 1 is 0.971 bits per heavy atom. The standard InChI is InChI=1S/C28H24N3O3P/c1-18-3-10-23(11-4-18)35-24-12-14-26(19(15-24)17-32)31-21-7-5-20(6-8-21)30-22-9-13-27(29-2)25(16-22)28(33)34/h3-17,29-30H,1-2H3,(H,33,34)/b31-26-. The highest BCUT2D eigenvalue weighted by molar-refractivity contribution is 7.50. The van der Waals surface area contributed by atoms with Gasteiger partial charge in [-0.2, -0.15) is 0 Å². The quantitative estimate of drug-likeness (QED) is 0.298. The molecule has 0 bridgehead atoms. The van der Waals surface area contributed by atoms with Gasteiger partial charge in [-0.3, -0.25) is 4.79 Å². The third-order valence-corrected chi connectivity index (χ3v) is 6.45. The number of aliphatic imine (C=N–C) groups is 1. The number of benzene rings is 3. The first-order valence-electron chi connectivity index (χ1n) is 11.0. The molecule has 1 aliphatic carbocycles. The van der Waals surface area contributed by atoms with Gasteiger partial charge in [0.05, 0.1) is 17.0 Å². The first-order chi connectivity index (χ1) is 16.9. The van der Waals surface area contributed by atoms with Crippen molar-refractivity contribution in [2.75, 3.05) is 17.7 Å². The third kappa shape index (κ3) is 5.99. The summed E-state index contributed by atoms with van der Waals surface area (Å²) in [4.78, 5) is 27.8. The van der Waals surface area contributed by atoms with Crippen LogP contribution in [0, 0.1) is 6.92 Å². The molecule has 0 saturated carbocycles. The van der Waals surface area contributed by atoms with Crippen LogP contribution in [0.1, 0.15) is 15.9 Å². The first-order valence-corrected chi connectivity index (χ1v) is 11.9. The normalized spacial score (nSPS) is 15.1. The van der Waals surface area contributed by atoms with E-state index in [0.29, 0.717) is 28.3 Å². The van der Waals surface area contributed by atoms with Crippen LogP contribution in [0.4, 0.5) is 22.7 Å². The number of carbonyl (C=O) groups excluding carboxylic acids is 1. The van der Waals surface area contributed by atoms with Gasteiger partial charge in [-0.05, 0) is 67.6 Å². The fraction of sp³-hybridized carbons (Fsp3) is 0.0714. The molecule has 0 unspecified atom stereocenters. The molecular weight excluding hydrogens is 457 g/mol. The van der Waals surface area contributed by atoms with Crippen LogP contribution in [-0.4, -0.2) is 35.4 Å². The Balaban J connectivity index is 1.50. The highest BCUT2D eigenvalue weighted by Gasteiger charge is 2.11. The zero-order valence-electron chi connectivity index (χ0n) is 19.3. The summed E-state index contributed by atoms with van der Waals surface area (Å²) < 4.78 is 0. The molecular formula is C28H24N3O3P. The topological polar surface area (TPSA) is 90.8 Å². The lowest BCUT2D eigenvalue weighted by Crippen LogP contribution is -2.09. The van der Waals surface area contributed by atoms with Gasteiger partial charge in [0.25, 0.3) is 0 Å². The Morgan fingerprint density at radius 3 is 2.34 bits per heavy atom. The number of nitrogens with zero attached hydrogens (tertiary/aromatic N) is 1. The first kappa shape index (κ1) is 23.9. The van der Waals surface area contributed by atoms with Gasteiger partial charge < -0.3 is 15.7 Å². The van der Waals surface area contributed by atoms with E-state index in [2.05, 4.69) is 46.8 Å². The Hall–Kier alpha value is -4.28. The van der Waals surface area contributed by atoms with E-state index in [4.69, 9.17) is 0 Å². The molecule has 0 atom stereocenters. The van der Waals surface area contributed by atoms with E-state index in [1.807, 2.05) is 48.6 Å². The van der Waals surface area contributed by atoms with E-state index in [-0.39, 0.29) is 5.56 Å². The summed E-state index contributed by atoms with van der Waals surface area (Å²) in [5.41, 5.74) is 5.26. The number of carboxylic acid groups (broad SMARTS) is 1. The number of hydrogen-bond acceptors (Lipinski definition) is 5. The number of allylic oxidation sites excluding steroid dienone is 4. The molecule has 7 heteroatoms. The summed E-state index contributed by atoms with van der Waals surface area (Å²) >= 11 is 0. The zero-order chi connectivity index (χ0) is 24.8. The second kappa shape index (κ2) is 10.8. The number of carbonyl (C=O) groups is 2. The molecule has 0 fully saturated rings. The van der Waals surface area contributed by atoms with Crippen molar-refractivity contribution in [1.82, 2.24) is 0 Å². The summed E-state index contributed by atoms with van der Waals surface area (Å²) in [7, 11) is 2.72. The predicted molar refractivity (Wildman–Crippen MR) is 146 cm³/mol. The summed E-state index contributed by atoms with van der Waals surface area (Å²) in [6, 6.07) is 20.8. The minimum absolute atomic E-state index is 0.190. The zero-order valence-corrected chi connectivity index (χ0v) is 20.2. The largest absolute Gasteiger partial charge is 0.478 e. The average Bonchev–Trinajstić information content (AvgIpc) is 2.87.